The van der Waals surface area contributed by atoms with E-state index in [1.165, 1.54) is 0 Å². The van der Waals surface area contributed by atoms with Gasteiger partial charge in [-0.3, -0.25) is 4.79 Å². The molecule has 0 radical (unpaired) electrons. The van der Waals surface area contributed by atoms with Crippen molar-refractivity contribution in [3.63, 3.8) is 0 Å². The number of benzene rings is 1. The van der Waals surface area contributed by atoms with Gasteiger partial charge in [-0.1, -0.05) is 12.1 Å². The van der Waals surface area contributed by atoms with Crippen molar-refractivity contribution in [1.82, 2.24) is 15.5 Å². The zero-order valence-electron chi connectivity index (χ0n) is 18.2. The number of aliphatic imine (C=N–C) groups is 1. The lowest BCUT2D eigenvalue weighted by molar-refractivity contribution is -0.157. The molecule has 1 aliphatic heterocycles. The van der Waals surface area contributed by atoms with Gasteiger partial charge in [-0.25, -0.2) is 4.99 Å². The van der Waals surface area contributed by atoms with E-state index in [1.807, 2.05) is 32.0 Å². The van der Waals surface area contributed by atoms with Gasteiger partial charge in [0.05, 0.1) is 26.3 Å². The SMILES string of the molecule is CCNC(=NCc1ccc(C)cc1OCC1CCOC1)NCC(=O)N(C)CC(F)(F)F. The first-order valence-electron chi connectivity index (χ1n) is 10.3. The second kappa shape index (κ2) is 11.8. The van der Waals surface area contributed by atoms with Crippen molar-refractivity contribution in [2.24, 2.45) is 10.9 Å². The second-order valence-electron chi connectivity index (χ2n) is 7.57. The van der Waals surface area contributed by atoms with Gasteiger partial charge in [0.15, 0.2) is 5.96 Å². The molecule has 0 bridgehead atoms. The van der Waals surface area contributed by atoms with Crippen molar-refractivity contribution in [3.8, 4) is 5.75 Å². The molecule has 1 aromatic carbocycles. The molecule has 0 aromatic heterocycles. The van der Waals surface area contributed by atoms with Gasteiger partial charge in [0, 0.05) is 31.7 Å². The van der Waals surface area contributed by atoms with Crippen molar-refractivity contribution in [2.45, 2.75) is 33.0 Å². The highest BCUT2D eigenvalue weighted by Crippen LogP contribution is 2.23. The summed E-state index contributed by atoms with van der Waals surface area (Å²) in [6, 6.07) is 5.86. The molecular formula is C21H31F3N4O3. The predicted molar refractivity (Wildman–Crippen MR) is 112 cm³/mol. The lowest BCUT2D eigenvalue weighted by Crippen LogP contribution is -2.45. The molecule has 0 saturated carbocycles. The molecule has 1 aliphatic rings. The highest BCUT2D eigenvalue weighted by atomic mass is 19.4. The van der Waals surface area contributed by atoms with Gasteiger partial charge in [-0.05, 0) is 31.9 Å². The third-order valence-electron chi connectivity index (χ3n) is 4.72. The minimum atomic E-state index is -4.44. The van der Waals surface area contributed by atoms with E-state index < -0.39 is 18.6 Å². The van der Waals surface area contributed by atoms with Gasteiger partial charge in [0.25, 0.3) is 0 Å². The van der Waals surface area contributed by atoms with Crippen LogP contribution in [0.5, 0.6) is 5.75 Å². The molecule has 2 rings (SSSR count). The maximum Gasteiger partial charge on any atom is 0.406 e. The number of alkyl halides is 3. The minimum Gasteiger partial charge on any atom is -0.493 e. The standard InChI is InChI=1S/C21H31F3N4O3/c1-4-25-20(27-11-19(29)28(3)14-21(22,23)24)26-10-17-6-5-15(2)9-18(17)31-13-16-7-8-30-12-16/h5-6,9,16H,4,7-8,10-14H2,1-3H3,(H2,25,26,27). The van der Waals surface area contributed by atoms with Crippen LogP contribution in [0.25, 0.3) is 0 Å². The Kier molecular flexibility index (Phi) is 9.42. The quantitative estimate of drug-likeness (QED) is 0.452. The van der Waals surface area contributed by atoms with Crippen LogP contribution in [0.4, 0.5) is 13.2 Å². The van der Waals surface area contributed by atoms with Crippen LogP contribution in [0.3, 0.4) is 0 Å². The zero-order chi connectivity index (χ0) is 22.9. The number of ether oxygens (including phenoxy) is 2. The number of nitrogens with one attached hydrogen (secondary N) is 2. The largest absolute Gasteiger partial charge is 0.493 e. The number of hydrogen-bond donors (Lipinski definition) is 2. The van der Waals surface area contributed by atoms with Crippen LogP contribution >= 0.6 is 0 Å². The van der Waals surface area contributed by atoms with E-state index in [2.05, 4.69) is 15.6 Å². The second-order valence-corrected chi connectivity index (χ2v) is 7.57. The van der Waals surface area contributed by atoms with Crippen LogP contribution in [0.15, 0.2) is 23.2 Å². The molecule has 0 spiro atoms. The van der Waals surface area contributed by atoms with Crippen LogP contribution in [-0.4, -0.2) is 69.4 Å². The summed E-state index contributed by atoms with van der Waals surface area (Å²) in [7, 11) is 1.12. The Morgan fingerprint density at radius 2 is 2.13 bits per heavy atom. The molecular weight excluding hydrogens is 413 g/mol. The van der Waals surface area contributed by atoms with E-state index in [0.29, 0.717) is 43.1 Å². The molecule has 2 N–H and O–H groups in total. The summed E-state index contributed by atoms with van der Waals surface area (Å²) in [5.74, 6) is 0.774. The number of aryl methyl sites for hydroxylation is 1. The number of guanidine groups is 1. The van der Waals surface area contributed by atoms with E-state index in [1.54, 1.807) is 0 Å². The van der Waals surface area contributed by atoms with Gasteiger partial charge in [0.2, 0.25) is 5.91 Å². The molecule has 1 saturated heterocycles. The molecule has 1 amide bonds. The van der Waals surface area contributed by atoms with Crippen LogP contribution in [0.2, 0.25) is 0 Å². The summed E-state index contributed by atoms with van der Waals surface area (Å²) >= 11 is 0. The number of nitrogens with zero attached hydrogens (tertiary/aromatic N) is 2. The van der Waals surface area contributed by atoms with E-state index in [4.69, 9.17) is 9.47 Å². The third kappa shape index (κ3) is 9.04. The maximum absolute atomic E-state index is 12.5. The summed E-state index contributed by atoms with van der Waals surface area (Å²) < 4.78 is 48.8. The summed E-state index contributed by atoms with van der Waals surface area (Å²) in [6.45, 7) is 5.10. The maximum atomic E-state index is 12.5. The van der Waals surface area contributed by atoms with E-state index in [9.17, 15) is 18.0 Å². The summed E-state index contributed by atoms with van der Waals surface area (Å²) in [5, 5.41) is 5.78. The Morgan fingerprint density at radius 3 is 2.77 bits per heavy atom. The fourth-order valence-electron chi connectivity index (χ4n) is 3.01. The Labute approximate surface area is 181 Å². The molecule has 174 valence electrons. The van der Waals surface area contributed by atoms with Crippen LogP contribution in [-0.2, 0) is 16.1 Å². The van der Waals surface area contributed by atoms with E-state index in [0.717, 1.165) is 37.0 Å². The lowest BCUT2D eigenvalue weighted by Gasteiger charge is -2.20. The van der Waals surface area contributed by atoms with Crippen molar-refractivity contribution in [2.75, 3.05) is 46.5 Å². The Hall–Kier alpha value is -2.49. The number of amides is 1. The third-order valence-corrected chi connectivity index (χ3v) is 4.72. The first kappa shape index (κ1) is 24.8. The van der Waals surface area contributed by atoms with Gasteiger partial charge in [0.1, 0.15) is 12.3 Å². The lowest BCUT2D eigenvalue weighted by atomic mass is 10.1. The number of halogens is 3. The van der Waals surface area contributed by atoms with Gasteiger partial charge < -0.3 is 25.0 Å². The topological polar surface area (TPSA) is 75.2 Å². The van der Waals surface area contributed by atoms with Gasteiger partial charge in [-0.15, -0.1) is 0 Å². The average Bonchev–Trinajstić information content (AvgIpc) is 3.21. The van der Waals surface area contributed by atoms with Crippen LogP contribution < -0.4 is 15.4 Å². The Balaban J connectivity index is 1.98. The molecule has 1 atom stereocenters. The van der Waals surface area contributed by atoms with Gasteiger partial charge in [-0.2, -0.15) is 13.2 Å². The van der Waals surface area contributed by atoms with E-state index in [-0.39, 0.29) is 6.54 Å². The van der Waals surface area contributed by atoms with Crippen molar-refractivity contribution in [1.29, 1.82) is 0 Å². The molecule has 7 nitrogen and oxygen atoms in total. The van der Waals surface area contributed by atoms with Crippen molar-refractivity contribution in [3.05, 3.63) is 29.3 Å². The zero-order valence-corrected chi connectivity index (χ0v) is 18.2. The predicted octanol–water partition coefficient (Wildman–Crippen LogP) is 2.49. The van der Waals surface area contributed by atoms with Crippen molar-refractivity contribution < 1.29 is 27.4 Å². The fourth-order valence-corrected chi connectivity index (χ4v) is 3.01. The van der Waals surface area contributed by atoms with Crippen LogP contribution in [0, 0.1) is 12.8 Å². The molecule has 10 heteroatoms. The monoisotopic (exact) mass is 444 g/mol. The van der Waals surface area contributed by atoms with Crippen molar-refractivity contribution >= 4 is 11.9 Å². The Morgan fingerprint density at radius 1 is 1.35 bits per heavy atom. The number of carbonyl (C=O) groups is 1. The first-order valence-corrected chi connectivity index (χ1v) is 10.3. The minimum absolute atomic E-state index is 0.290. The fraction of sp³-hybridized carbons (Fsp3) is 0.619. The van der Waals surface area contributed by atoms with E-state index >= 15 is 0 Å². The highest BCUT2D eigenvalue weighted by molar-refractivity contribution is 5.86. The average molecular weight is 444 g/mol. The number of rotatable bonds is 9. The van der Waals surface area contributed by atoms with Gasteiger partial charge >= 0.3 is 6.18 Å². The Bertz CT molecular complexity index is 750. The molecule has 31 heavy (non-hydrogen) atoms. The number of hydrogen-bond acceptors (Lipinski definition) is 4. The molecule has 1 aromatic rings. The first-order chi connectivity index (χ1) is 14.7. The number of likely N-dealkylation sites (N-methyl/N-ethyl adjacent to an activating group) is 1. The summed E-state index contributed by atoms with van der Waals surface area (Å²) in [4.78, 5) is 17.0. The summed E-state index contributed by atoms with van der Waals surface area (Å²) in [6.07, 6.45) is -3.46. The highest BCUT2D eigenvalue weighted by Gasteiger charge is 2.31. The molecule has 0 aliphatic carbocycles. The molecule has 1 fully saturated rings. The molecule has 1 heterocycles. The van der Waals surface area contributed by atoms with Crippen LogP contribution in [0.1, 0.15) is 24.5 Å². The summed E-state index contributed by atoms with van der Waals surface area (Å²) in [5.41, 5.74) is 1.94. The molecule has 1 unspecified atom stereocenters. The number of carbonyl (C=O) groups excluding carboxylic acids is 1. The normalized spacial score (nSPS) is 16.8. The smallest absolute Gasteiger partial charge is 0.406 e.